The van der Waals surface area contributed by atoms with Gasteiger partial charge in [0, 0.05) is 17.7 Å². The zero-order chi connectivity index (χ0) is 9.80. The summed E-state index contributed by atoms with van der Waals surface area (Å²) in [5.41, 5.74) is 1.29. The zero-order valence-corrected chi connectivity index (χ0v) is 9.62. The van der Waals surface area contributed by atoms with Crippen LogP contribution >= 0.6 is 11.6 Å². The average Bonchev–Trinajstić information content (AvgIpc) is 2.23. The number of aromatic nitrogens is 1. The van der Waals surface area contributed by atoms with Gasteiger partial charge >= 0.3 is 0 Å². The number of hydrogen-bond acceptors (Lipinski definition) is 0. The second-order valence-corrected chi connectivity index (χ2v) is 3.61. The van der Waals surface area contributed by atoms with Crippen LogP contribution in [-0.4, -0.2) is 0 Å². The van der Waals surface area contributed by atoms with E-state index in [1.165, 1.54) is 5.56 Å². The fourth-order valence-corrected chi connectivity index (χ4v) is 1.45. The van der Waals surface area contributed by atoms with E-state index in [4.69, 9.17) is 11.6 Å². The van der Waals surface area contributed by atoms with Crippen LogP contribution in [0, 0.1) is 0 Å². The van der Waals surface area contributed by atoms with Gasteiger partial charge in [0.15, 0.2) is 18.9 Å². The standard InChI is InChI=1S/C12H11ClN.ClH/c13-12-6-8-14(9-7-12)10-11-4-2-1-3-5-11;/h1-9H,10H2;1H/q+1;/p-1. The van der Waals surface area contributed by atoms with Crippen molar-refractivity contribution in [3.8, 4) is 0 Å². The minimum Gasteiger partial charge on any atom is -1.00 e. The molecule has 0 bridgehead atoms. The largest absolute Gasteiger partial charge is 1.00 e. The molecule has 0 aliphatic carbocycles. The van der Waals surface area contributed by atoms with Gasteiger partial charge in [0.1, 0.15) is 0 Å². The van der Waals surface area contributed by atoms with E-state index < -0.39 is 0 Å². The first-order valence-corrected chi connectivity index (χ1v) is 4.91. The van der Waals surface area contributed by atoms with Crippen molar-refractivity contribution in [2.45, 2.75) is 6.54 Å². The highest BCUT2D eigenvalue weighted by atomic mass is 35.5. The predicted octanol–water partition coefficient (Wildman–Crippen LogP) is -0.320. The van der Waals surface area contributed by atoms with Crippen molar-refractivity contribution in [2.24, 2.45) is 0 Å². The summed E-state index contributed by atoms with van der Waals surface area (Å²) in [7, 11) is 0. The van der Waals surface area contributed by atoms with Crippen LogP contribution in [0.25, 0.3) is 0 Å². The second kappa shape index (κ2) is 5.74. The third kappa shape index (κ3) is 3.54. The topological polar surface area (TPSA) is 3.88 Å². The molecule has 15 heavy (non-hydrogen) atoms. The van der Waals surface area contributed by atoms with E-state index in [1.54, 1.807) is 0 Å². The lowest BCUT2D eigenvalue weighted by molar-refractivity contribution is -0.688. The Morgan fingerprint density at radius 1 is 0.933 bits per heavy atom. The van der Waals surface area contributed by atoms with E-state index in [9.17, 15) is 0 Å². The maximum absolute atomic E-state index is 5.80. The summed E-state index contributed by atoms with van der Waals surface area (Å²) in [6.07, 6.45) is 3.96. The summed E-state index contributed by atoms with van der Waals surface area (Å²) < 4.78 is 2.10. The number of rotatable bonds is 2. The minimum absolute atomic E-state index is 0. The van der Waals surface area contributed by atoms with E-state index >= 15 is 0 Å². The summed E-state index contributed by atoms with van der Waals surface area (Å²) in [6.45, 7) is 0.887. The van der Waals surface area contributed by atoms with Crippen molar-refractivity contribution in [2.75, 3.05) is 0 Å². The van der Waals surface area contributed by atoms with Crippen LogP contribution < -0.4 is 17.0 Å². The van der Waals surface area contributed by atoms with Gasteiger partial charge in [-0.05, 0) is 0 Å². The molecule has 1 nitrogen and oxygen atoms in total. The molecule has 0 aliphatic heterocycles. The van der Waals surface area contributed by atoms with Gasteiger partial charge in [-0.2, -0.15) is 0 Å². The number of nitrogens with zero attached hydrogens (tertiary/aromatic N) is 1. The number of pyridine rings is 1. The number of halogens is 2. The van der Waals surface area contributed by atoms with E-state index in [1.807, 2.05) is 42.7 Å². The Balaban J connectivity index is 0.00000112. The smallest absolute Gasteiger partial charge is 0.173 e. The highest BCUT2D eigenvalue weighted by Crippen LogP contribution is 2.03. The maximum atomic E-state index is 5.80. The van der Waals surface area contributed by atoms with Crippen molar-refractivity contribution >= 4 is 11.6 Å². The van der Waals surface area contributed by atoms with Gasteiger partial charge in [-0.1, -0.05) is 41.9 Å². The van der Waals surface area contributed by atoms with Gasteiger partial charge in [0.2, 0.25) is 0 Å². The van der Waals surface area contributed by atoms with Crippen molar-refractivity contribution < 1.29 is 17.0 Å². The van der Waals surface area contributed by atoms with Gasteiger partial charge in [-0.25, -0.2) is 4.57 Å². The molecule has 0 fully saturated rings. The molecule has 3 heteroatoms. The Morgan fingerprint density at radius 2 is 1.53 bits per heavy atom. The molecule has 0 saturated carbocycles. The monoisotopic (exact) mass is 239 g/mol. The lowest BCUT2D eigenvalue weighted by Gasteiger charge is -1.96. The molecular weight excluding hydrogens is 229 g/mol. The molecule has 2 rings (SSSR count). The van der Waals surface area contributed by atoms with E-state index in [0.717, 1.165) is 11.6 Å². The molecule has 78 valence electrons. The summed E-state index contributed by atoms with van der Waals surface area (Å²) in [5, 5.41) is 0.773. The minimum atomic E-state index is 0. The Kier molecular flexibility index (Phi) is 4.60. The van der Waals surface area contributed by atoms with Crippen molar-refractivity contribution in [1.29, 1.82) is 0 Å². The fourth-order valence-electron chi connectivity index (χ4n) is 1.34. The lowest BCUT2D eigenvalue weighted by atomic mass is 10.2. The van der Waals surface area contributed by atoms with Crippen LogP contribution in [0.3, 0.4) is 0 Å². The highest BCUT2D eigenvalue weighted by molar-refractivity contribution is 6.30. The van der Waals surface area contributed by atoms with E-state index in [2.05, 4.69) is 16.7 Å². The van der Waals surface area contributed by atoms with Crippen molar-refractivity contribution in [3.05, 3.63) is 65.4 Å². The second-order valence-electron chi connectivity index (χ2n) is 3.17. The molecule has 0 unspecified atom stereocenters. The third-order valence-corrected chi connectivity index (χ3v) is 2.31. The molecule has 0 spiro atoms. The number of benzene rings is 1. The normalized spacial score (nSPS) is 9.40. The van der Waals surface area contributed by atoms with Crippen LogP contribution in [0.5, 0.6) is 0 Å². The average molecular weight is 240 g/mol. The summed E-state index contributed by atoms with van der Waals surface area (Å²) in [6, 6.07) is 14.1. The van der Waals surface area contributed by atoms with E-state index in [0.29, 0.717) is 0 Å². The lowest BCUT2D eigenvalue weighted by Crippen LogP contribution is -3.00. The molecular formula is C12H11Cl2N. The summed E-state index contributed by atoms with van der Waals surface area (Å²) >= 11 is 5.80. The highest BCUT2D eigenvalue weighted by Gasteiger charge is 2.00. The van der Waals surface area contributed by atoms with Gasteiger partial charge in [0.05, 0.1) is 5.02 Å². The molecule has 0 aliphatic rings. The van der Waals surface area contributed by atoms with Crippen molar-refractivity contribution in [3.63, 3.8) is 0 Å². The molecule has 0 saturated heterocycles. The van der Waals surface area contributed by atoms with Crippen LogP contribution in [0.1, 0.15) is 5.56 Å². The number of hydrogen-bond donors (Lipinski definition) is 0. The SMILES string of the molecule is Clc1cc[n+](Cc2ccccc2)cc1.[Cl-]. The quantitative estimate of drug-likeness (QED) is 0.633. The zero-order valence-electron chi connectivity index (χ0n) is 8.11. The van der Waals surface area contributed by atoms with Crippen molar-refractivity contribution in [1.82, 2.24) is 0 Å². The predicted molar refractivity (Wildman–Crippen MR) is 57.2 cm³/mol. The molecule has 1 heterocycles. The van der Waals surface area contributed by atoms with Gasteiger partial charge in [-0.15, -0.1) is 0 Å². The van der Waals surface area contributed by atoms with Crippen LogP contribution in [0.2, 0.25) is 5.02 Å². The molecule has 0 N–H and O–H groups in total. The van der Waals surface area contributed by atoms with Crippen LogP contribution in [0.4, 0.5) is 0 Å². The Hall–Kier alpha value is -1.05. The molecule has 2 aromatic rings. The first kappa shape index (κ1) is 12.0. The van der Waals surface area contributed by atoms with Crippen LogP contribution in [0.15, 0.2) is 54.9 Å². The fraction of sp³-hybridized carbons (Fsp3) is 0.0833. The Morgan fingerprint density at radius 3 is 2.13 bits per heavy atom. The molecule has 0 atom stereocenters. The van der Waals surface area contributed by atoms with Gasteiger partial charge < -0.3 is 12.4 Å². The Labute approximate surface area is 101 Å². The third-order valence-electron chi connectivity index (χ3n) is 2.06. The molecule has 1 aromatic carbocycles. The summed E-state index contributed by atoms with van der Waals surface area (Å²) in [4.78, 5) is 0. The van der Waals surface area contributed by atoms with Gasteiger partial charge in [-0.3, -0.25) is 0 Å². The first-order chi connectivity index (χ1) is 6.84. The summed E-state index contributed by atoms with van der Waals surface area (Å²) in [5.74, 6) is 0. The Bertz CT molecular complexity index is 398. The van der Waals surface area contributed by atoms with Gasteiger partial charge in [0.25, 0.3) is 0 Å². The molecule has 1 aromatic heterocycles. The first-order valence-electron chi connectivity index (χ1n) is 4.53. The van der Waals surface area contributed by atoms with E-state index in [-0.39, 0.29) is 12.4 Å². The maximum Gasteiger partial charge on any atom is 0.173 e. The molecule has 0 amide bonds. The van der Waals surface area contributed by atoms with Crippen LogP contribution in [-0.2, 0) is 6.54 Å². The molecule has 0 radical (unpaired) electrons.